The first kappa shape index (κ1) is 14.3. The quantitative estimate of drug-likeness (QED) is 0.706. The minimum Gasteiger partial charge on any atom is -0.306 e. The SMILES string of the molecule is CN1CCCC(N2CCN(C(C)(C)C)CC2)CC1. The lowest BCUT2D eigenvalue weighted by atomic mass is 10.0. The molecule has 106 valence electrons. The Bertz CT molecular complexity index is 251. The van der Waals surface area contributed by atoms with Gasteiger partial charge in [-0.3, -0.25) is 9.80 Å². The number of hydrogen-bond acceptors (Lipinski definition) is 3. The second kappa shape index (κ2) is 5.89. The Kier molecular flexibility index (Phi) is 4.68. The molecule has 2 aliphatic rings. The number of hydrogen-bond donors (Lipinski definition) is 0. The Morgan fingerprint density at radius 1 is 0.833 bits per heavy atom. The first-order valence-electron chi connectivity index (χ1n) is 7.64. The Morgan fingerprint density at radius 2 is 1.50 bits per heavy atom. The van der Waals surface area contributed by atoms with E-state index in [1.807, 2.05) is 0 Å². The maximum absolute atomic E-state index is 2.75. The summed E-state index contributed by atoms with van der Waals surface area (Å²) in [5.41, 5.74) is 0.343. The molecule has 2 fully saturated rings. The van der Waals surface area contributed by atoms with Crippen LogP contribution in [0, 0.1) is 0 Å². The lowest BCUT2D eigenvalue weighted by molar-refractivity contribution is 0.0387. The highest BCUT2D eigenvalue weighted by Gasteiger charge is 2.29. The molecule has 2 rings (SSSR count). The Labute approximate surface area is 113 Å². The van der Waals surface area contributed by atoms with Crippen LogP contribution in [0.3, 0.4) is 0 Å². The third kappa shape index (κ3) is 3.69. The van der Waals surface area contributed by atoms with Crippen LogP contribution in [-0.4, -0.2) is 72.6 Å². The Morgan fingerprint density at radius 3 is 2.11 bits per heavy atom. The zero-order valence-corrected chi connectivity index (χ0v) is 12.8. The molecule has 18 heavy (non-hydrogen) atoms. The molecule has 0 spiro atoms. The van der Waals surface area contributed by atoms with Crippen molar-refractivity contribution >= 4 is 0 Å². The van der Waals surface area contributed by atoms with Crippen LogP contribution in [0.25, 0.3) is 0 Å². The third-order valence-corrected chi connectivity index (χ3v) is 4.70. The van der Waals surface area contributed by atoms with Gasteiger partial charge < -0.3 is 4.90 Å². The molecule has 0 bridgehead atoms. The van der Waals surface area contributed by atoms with Crippen molar-refractivity contribution in [1.29, 1.82) is 0 Å². The molecule has 2 heterocycles. The highest BCUT2D eigenvalue weighted by molar-refractivity contribution is 4.85. The standard InChI is InChI=1S/C15H31N3/c1-15(2,3)18-12-10-17(11-13-18)14-6-5-8-16(4)9-7-14/h14H,5-13H2,1-4H3. The predicted molar refractivity (Wildman–Crippen MR) is 78.0 cm³/mol. The summed E-state index contributed by atoms with van der Waals surface area (Å²) in [5, 5.41) is 0. The number of nitrogens with zero attached hydrogens (tertiary/aromatic N) is 3. The zero-order chi connectivity index (χ0) is 13.2. The fourth-order valence-electron chi connectivity index (χ4n) is 3.35. The van der Waals surface area contributed by atoms with Gasteiger partial charge in [-0.05, 0) is 60.2 Å². The molecule has 1 unspecified atom stereocenters. The first-order chi connectivity index (χ1) is 8.47. The maximum atomic E-state index is 2.75. The van der Waals surface area contributed by atoms with Crippen LogP contribution in [0.15, 0.2) is 0 Å². The van der Waals surface area contributed by atoms with Gasteiger partial charge in [-0.1, -0.05) is 0 Å². The van der Waals surface area contributed by atoms with Crippen molar-refractivity contribution < 1.29 is 0 Å². The molecule has 3 nitrogen and oxygen atoms in total. The lowest BCUT2D eigenvalue weighted by Gasteiger charge is -2.44. The van der Waals surface area contributed by atoms with Gasteiger partial charge in [-0.25, -0.2) is 0 Å². The van der Waals surface area contributed by atoms with Crippen molar-refractivity contribution in [2.75, 3.05) is 46.3 Å². The molecule has 0 N–H and O–H groups in total. The Balaban J connectivity index is 1.82. The van der Waals surface area contributed by atoms with Gasteiger partial charge in [0.05, 0.1) is 0 Å². The molecule has 0 saturated carbocycles. The van der Waals surface area contributed by atoms with Crippen molar-refractivity contribution in [3.63, 3.8) is 0 Å². The maximum Gasteiger partial charge on any atom is 0.0126 e. The van der Waals surface area contributed by atoms with E-state index < -0.39 is 0 Å². The molecule has 0 amide bonds. The van der Waals surface area contributed by atoms with Gasteiger partial charge in [0.15, 0.2) is 0 Å². The summed E-state index contributed by atoms with van der Waals surface area (Å²) >= 11 is 0. The zero-order valence-electron chi connectivity index (χ0n) is 12.8. The van der Waals surface area contributed by atoms with E-state index in [-0.39, 0.29) is 0 Å². The van der Waals surface area contributed by atoms with E-state index in [4.69, 9.17) is 0 Å². The largest absolute Gasteiger partial charge is 0.306 e. The molecule has 0 aromatic heterocycles. The van der Waals surface area contributed by atoms with Gasteiger partial charge in [-0.2, -0.15) is 0 Å². The smallest absolute Gasteiger partial charge is 0.0126 e. The Hall–Kier alpha value is -0.120. The molecule has 2 aliphatic heterocycles. The van der Waals surface area contributed by atoms with Crippen molar-refractivity contribution in [2.45, 2.75) is 51.6 Å². The number of rotatable bonds is 1. The lowest BCUT2D eigenvalue weighted by Crippen LogP contribution is -2.55. The first-order valence-corrected chi connectivity index (χ1v) is 7.64. The van der Waals surface area contributed by atoms with E-state index in [9.17, 15) is 0 Å². The van der Waals surface area contributed by atoms with Crippen molar-refractivity contribution in [1.82, 2.24) is 14.7 Å². The molecule has 0 aromatic rings. The normalized spacial score (nSPS) is 30.3. The van der Waals surface area contributed by atoms with Crippen LogP contribution in [0.5, 0.6) is 0 Å². The molecule has 0 radical (unpaired) electrons. The fourth-order valence-corrected chi connectivity index (χ4v) is 3.35. The van der Waals surface area contributed by atoms with Crippen LogP contribution in [0.2, 0.25) is 0 Å². The average molecular weight is 253 g/mol. The molecule has 0 aliphatic carbocycles. The van der Waals surface area contributed by atoms with Gasteiger partial charge in [-0.15, -0.1) is 0 Å². The van der Waals surface area contributed by atoms with Gasteiger partial charge in [0.1, 0.15) is 0 Å². The molecular formula is C15H31N3. The summed E-state index contributed by atoms with van der Waals surface area (Å²) in [6.07, 6.45) is 4.15. The summed E-state index contributed by atoms with van der Waals surface area (Å²) in [6.45, 7) is 14.6. The van der Waals surface area contributed by atoms with Gasteiger partial charge in [0.2, 0.25) is 0 Å². The minimum atomic E-state index is 0.343. The van der Waals surface area contributed by atoms with Gasteiger partial charge >= 0.3 is 0 Å². The minimum absolute atomic E-state index is 0.343. The molecule has 0 aromatic carbocycles. The van der Waals surface area contributed by atoms with Crippen molar-refractivity contribution in [3.05, 3.63) is 0 Å². The summed E-state index contributed by atoms with van der Waals surface area (Å²) in [6, 6.07) is 0.845. The van der Waals surface area contributed by atoms with E-state index in [1.54, 1.807) is 0 Å². The molecule has 2 saturated heterocycles. The van der Waals surface area contributed by atoms with E-state index in [2.05, 4.69) is 42.5 Å². The van der Waals surface area contributed by atoms with E-state index in [0.29, 0.717) is 5.54 Å². The topological polar surface area (TPSA) is 9.72 Å². The van der Waals surface area contributed by atoms with Crippen LogP contribution in [0.1, 0.15) is 40.0 Å². The average Bonchev–Trinajstić information content (AvgIpc) is 2.53. The third-order valence-electron chi connectivity index (χ3n) is 4.70. The van der Waals surface area contributed by atoms with Crippen LogP contribution in [0.4, 0.5) is 0 Å². The number of likely N-dealkylation sites (tertiary alicyclic amines) is 1. The molecule has 3 heteroatoms. The molecular weight excluding hydrogens is 222 g/mol. The summed E-state index contributed by atoms with van der Waals surface area (Å²) in [4.78, 5) is 7.87. The van der Waals surface area contributed by atoms with E-state index in [0.717, 1.165) is 6.04 Å². The van der Waals surface area contributed by atoms with Crippen LogP contribution in [-0.2, 0) is 0 Å². The summed E-state index contributed by atoms with van der Waals surface area (Å²) in [5.74, 6) is 0. The van der Waals surface area contributed by atoms with Gasteiger partial charge in [0, 0.05) is 37.8 Å². The molecule has 1 atom stereocenters. The number of piperazine rings is 1. The fraction of sp³-hybridized carbons (Fsp3) is 1.00. The van der Waals surface area contributed by atoms with E-state index >= 15 is 0 Å². The van der Waals surface area contributed by atoms with Crippen molar-refractivity contribution in [3.8, 4) is 0 Å². The van der Waals surface area contributed by atoms with Crippen LogP contribution < -0.4 is 0 Å². The summed E-state index contributed by atoms with van der Waals surface area (Å²) < 4.78 is 0. The second-order valence-corrected chi connectivity index (χ2v) is 7.08. The highest BCUT2D eigenvalue weighted by atomic mass is 15.3. The summed E-state index contributed by atoms with van der Waals surface area (Å²) in [7, 11) is 2.26. The monoisotopic (exact) mass is 253 g/mol. The van der Waals surface area contributed by atoms with Crippen LogP contribution >= 0.6 is 0 Å². The van der Waals surface area contributed by atoms with Crippen molar-refractivity contribution in [2.24, 2.45) is 0 Å². The van der Waals surface area contributed by atoms with Gasteiger partial charge in [0.25, 0.3) is 0 Å². The predicted octanol–water partition coefficient (Wildman–Crippen LogP) is 1.89. The highest BCUT2D eigenvalue weighted by Crippen LogP contribution is 2.21. The van der Waals surface area contributed by atoms with E-state index in [1.165, 1.54) is 58.5 Å². The second-order valence-electron chi connectivity index (χ2n) is 7.08.